The maximum Gasteiger partial charge on any atom is 0.418 e. The van der Waals surface area contributed by atoms with Crippen molar-refractivity contribution in [3.8, 4) is 0 Å². The van der Waals surface area contributed by atoms with Crippen molar-refractivity contribution in [2.24, 2.45) is 0 Å². The molecule has 0 spiro atoms. The Hall–Kier alpha value is -2.76. The van der Waals surface area contributed by atoms with Gasteiger partial charge in [0.05, 0.1) is 37.0 Å². The number of carbonyl (C=O) groups excluding carboxylic acids is 2. The van der Waals surface area contributed by atoms with Gasteiger partial charge in [-0.1, -0.05) is 0 Å². The minimum atomic E-state index is -4.71. The van der Waals surface area contributed by atoms with Gasteiger partial charge in [-0.3, -0.25) is 14.4 Å². The summed E-state index contributed by atoms with van der Waals surface area (Å²) in [6.07, 6.45) is -3.13. The summed E-state index contributed by atoms with van der Waals surface area (Å²) in [5, 5.41) is 6.77. The zero-order valence-electron chi connectivity index (χ0n) is 18.3. The van der Waals surface area contributed by atoms with Crippen molar-refractivity contribution in [1.82, 2.24) is 20.7 Å². The van der Waals surface area contributed by atoms with Gasteiger partial charge in [0.1, 0.15) is 5.69 Å². The Bertz CT molecular complexity index is 1070. The van der Waals surface area contributed by atoms with Crippen LogP contribution in [0.25, 0.3) is 10.9 Å². The first-order chi connectivity index (χ1) is 15.7. The second-order valence-electron chi connectivity index (χ2n) is 8.21. The summed E-state index contributed by atoms with van der Waals surface area (Å²) in [6.45, 7) is 1.80. The topological polar surface area (TPSA) is 92.8 Å². The number of fused-ring (bicyclic) bond motifs is 1. The summed E-state index contributed by atoms with van der Waals surface area (Å²) < 4.78 is 47.3. The number of aromatic nitrogens is 1. The normalized spacial score (nSPS) is 18.9. The molecule has 2 aliphatic rings. The Labute approximate surface area is 188 Å². The first-order valence-electron chi connectivity index (χ1n) is 10.7. The van der Waals surface area contributed by atoms with Crippen LogP contribution in [0.15, 0.2) is 18.2 Å². The number of morpholine rings is 1. The molecule has 1 aromatic carbocycles. The summed E-state index contributed by atoms with van der Waals surface area (Å²) >= 11 is 0. The maximum atomic E-state index is 14.0. The molecule has 4 rings (SSSR count). The molecule has 1 aliphatic heterocycles. The molecule has 0 bridgehead atoms. The molecule has 2 heterocycles. The van der Waals surface area contributed by atoms with Crippen LogP contribution in [0.1, 0.15) is 50.7 Å². The minimum Gasteiger partial charge on any atom is -0.378 e. The van der Waals surface area contributed by atoms with Crippen molar-refractivity contribution in [3.63, 3.8) is 0 Å². The van der Waals surface area contributed by atoms with Crippen LogP contribution in [-0.4, -0.2) is 68.4 Å². The van der Waals surface area contributed by atoms with E-state index in [1.165, 1.54) is 20.2 Å². The van der Waals surface area contributed by atoms with E-state index in [1.807, 2.05) is 0 Å². The lowest BCUT2D eigenvalue weighted by Gasteiger charge is -2.24. The van der Waals surface area contributed by atoms with Gasteiger partial charge in [0.2, 0.25) is 0 Å². The maximum absolute atomic E-state index is 14.0. The van der Waals surface area contributed by atoms with E-state index in [9.17, 15) is 22.8 Å². The molecule has 2 amide bonds. The molecule has 1 saturated heterocycles. The van der Waals surface area contributed by atoms with Crippen LogP contribution in [-0.2, 0) is 15.8 Å². The fourth-order valence-corrected chi connectivity index (χ4v) is 3.82. The Morgan fingerprint density at radius 2 is 2.06 bits per heavy atom. The zero-order valence-corrected chi connectivity index (χ0v) is 18.3. The van der Waals surface area contributed by atoms with E-state index in [2.05, 4.69) is 15.6 Å². The largest absolute Gasteiger partial charge is 0.418 e. The van der Waals surface area contributed by atoms with Crippen LogP contribution in [0.3, 0.4) is 0 Å². The highest BCUT2D eigenvalue weighted by Gasteiger charge is 2.37. The van der Waals surface area contributed by atoms with Crippen molar-refractivity contribution in [2.75, 3.05) is 40.5 Å². The summed E-state index contributed by atoms with van der Waals surface area (Å²) in [6, 6.07) is 3.73. The number of carbonyl (C=O) groups is 2. The average molecular weight is 466 g/mol. The number of halogens is 3. The van der Waals surface area contributed by atoms with Crippen molar-refractivity contribution in [3.05, 3.63) is 40.6 Å². The van der Waals surface area contributed by atoms with Crippen LogP contribution in [0.5, 0.6) is 0 Å². The number of rotatable bonds is 6. The molecule has 2 fully saturated rings. The minimum absolute atomic E-state index is 0.0202. The molecular weight excluding hydrogens is 441 g/mol. The van der Waals surface area contributed by atoms with E-state index in [0.717, 1.165) is 24.0 Å². The molecule has 33 heavy (non-hydrogen) atoms. The molecule has 2 N–H and O–H groups in total. The number of ether oxygens (including phenoxy) is 1. The van der Waals surface area contributed by atoms with Crippen molar-refractivity contribution in [2.45, 2.75) is 31.0 Å². The second kappa shape index (κ2) is 9.24. The number of nitrogens with one attached hydrogen (secondary N) is 2. The molecular formula is C22H25F3N4O4. The Balaban J connectivity index is 1.79. The molecule has 178 valence electrons. The highest BCUT2D eigenvalue weighted by atomic mass is 19.4. The first-order valence-corrected chi connectivity index (χ1v) is 10.7. The fourth-order valence-electron chi connectivity index (χ4n) is 3.82. The summed E-state index contributed by atoms with van der Waals surface area (Å²) in [5.41, 5.74) is -1.26. The van der Waals surface area contributed by atoms with E-state index >= 15 is 0 Å². The predicted molar refractivity (Wildman–Crippen MR) is 113 cm³/mol. The Morgan fingerprint density at radius 1 is 1.30 bits per heavy atom. The second-order valence-corrected chi connectivity index (χ2v) is 8.21. The number of hydroxylamine groups is 2. The van der Waals surface area contributed by atoms with Gasteiger partial charge in [0.25, 0.3) is 11.8 Å². The van der Waals surface area contributed by atoms with Gasteiger partial charge in [0, 0.05) is 31.6 Å². The Morgan fingerprint density at radius 3 is 2.67 bits per heavy atom. The predicted octanol–water partition coefficient (Wildman–Crippen LogP) is 2.48. The summed E-state index contributed by atoms with van der Waals surface area (Å²) in [5.74, 6) is -1.34. The molecule has 1 saturated carbocycles. The van der Waals surface area contributed by atoms with E-state index < -0.39 is 29.1 Å². The molecule has 1 aliphatic carbocycles. The monoisotopic (exact) mass is 466 g/mol. The number of hydrogen-bond acceptors (Lipinski definition) is 6. The number of amides is 2. The number of hydrogen-bond donors (Lipinski definition) is 2. The molecule has 1 unspecified atom stereocenters. The quantitative estimate of drug-likeness (QED) is 0.636. The fraction of sp³-hybridized carbons (Fsp3) is 0.500. The van der Waals surface area contributed by atoms with Gasteiger partial charge in [-0.2, -0.15) is 13.2 Å². The van der Waals surface area contributed by atoms with Crippen LogP contribution in [0, 0.1) is 0 Å². The van der Waals surface area contributed by atoms with Gasteiger partial charge >= 0.3 is 6.18 Å². The number of pyridine rings is 1. The Kier molecular flexibility index (Phi) is 6.55. The van der Waals surface area contributed by atoms with Crippen LogP contribution in [0.4, 0.5) is 13.2 Å². The first kappa shape index (κ1) is 23.4. The van der Waals surface area contributed by atoms with E-state index in [4.69, 9.17) is 9.57 Å². The molecule has 1 atom stereocenters. The number of nitrogens with zero attached hydrogens (tertiary/aromatic N) is 2. The number of benzene rings is 1. The average Bonchev–Trinajstić information content (AvgIpc) is 3.65. The lowest BCUT2D eigenvalue weighted by Crippen LogP contribution is -2.48. The van der Waals surface area contributed by atoms with E-state index in [-0.39, 0.29) is 35.1 Å². The highest BCUT2D eigenvalue weighted by molar-refractivity contribution is 6.09. The van der Waals surface area contributed by atoms with Gasteiger partial charge in [-0.15, -0.1) is 0 Å². The van der Waals surface area contributed by atoms with Crippen molar-refractivity contribution in [1.29, 1.82) is 0 Å². The van der Waals surface area contributed by atoms with Crippen LogP contribution >= 0.6 is 0 Å². The van der Waals surface area contributed by atoms with Crippen molar-refractivity contribution >= 4 is 22.7 Å². The third kappa shape index (κ3) is 5.10. The number of alkyl halides is 3. The molecule has 1 aromatic heterocycles. The third-order valence-electron chi connectivity index (χ3n) is 5.82. The molecule has 2 aromatic rings. The highest BCUT2D eigenvalue weighted by Crippen LogP contribution is 2.44. The smallest absolute Gasteiger partial charge is 0.378 e. The summed E-state index contributed by atoms with van der Waals surface area (Å²) in [7, 11) is 2.61. The SMILES string of the molecule is CON(C)C(=O)c1cc(C(=O)NCC2COCCN2)nc2c(C(F)(F)F)cc(C3CC3)cc12. The van der Waals surface area contributed by atoms with Gasteiger partial charge in [0.15, 0.2) is 0 Å². The molecule has 0 radical (unpaired) electrons. The molecule has 11 heteroatoms. The van der Waals surface area contributed by atoms with E-state index in [1.54, 1.807) is 6.07 Å². The van der Waals surface area contributed by atoms with Crippen LogP contribution in [0.2, 0.25) is 0 Å². The third-order valence-corrected chi connectivity index (χ3v) is 5.82. The lowest BCUT2D eigenvalue weighted by molar-refractivity contribution is -0.136. The van der Waals surface area contributed by atoms with Crippen molar-refractivity contribution < 1.29 is 32.3 Å². The zero-order chi connectivity index (χ0) is 23.8. The summed E-state index contributed by atoms with van der Waals surface area (Å²) in [4.78, 5) is 34.8. The van der Waals surface area contributed by atoms with Gasteiger partial charge in [-0.05, 0) is 42.5 Å². The van der Waals surface area contributed by atoms with E-state index in [0.29, 0.717) is 25.3 Å². The lowest BCUT2D eigenvalue weighted by atomic mass is 9.97. The van der Waals surface area contributed by atoms with Gasteiger partial charge < -0.3 is 15.4 Å². The standard InChI is InChI=1S/C22H25F3N4O4/c1-29(32-2)21(31)16-9-18(20(30)27-10-14-11-33-6-5-26-14)28-19-15(16)7-13(12-3-4-12)8-17(19)22(23,24)25/h7-9,12,14,26H,3-6,10-11H2,1-2H3,(H,27,30). The molecule has 8 nitrogen and oxygen atoms in total. The van der Waals surface area contributed by atoms with Gasteiger partial charge in [-0.25, -0.2) is 10.0 Å². The van der Waals surface area contributed by atoms with Crippen LogP contribution < -0.4 is 10.6 Å².